The normalized spacial score (nSPS) is 15.8. The largest absolute Gasteiger partial charge is 0.519 e. The van der Waals surface area contributed by atoms with Gasteiger partial charge in [0.25, 0.3) is 20.0 Å². The van der Waals surface area contributed by atoms with Crippen LogP contribution in [0.25, 0.3) is 22.3 Å². The van der Waals surface area contributed by atoms with Gasteiger partial charge < -0.3 is 9.47 Å². The lowest BCUT2D eigenvalue weighted by Gasteiger charge is -2.38. The third kappa shape index (κ3) is 6.48. The molecule has 58 heavy (non-hydrogen) atoms. The first-order valence-electron chi connectivity index (χ1n) is 18.8. The van der Waals surface area contributed by atoms with Crippen LogP contribution in [0.1, 0.15) is 62.0 Å². The van der Waals surface area contributed by atoms with Crippen molar-refractivity contribution in [3.8, 4) is 33.8 Å². The number of aryl methyl sites for hydroxylation is 2. The fourth-order valence-corrected chi connectivity index (χ4v) is 11.4. The molecule has 0 spiro atoms. The predicted molar refractivity (Wildman–Crippen MR) is 218 cm³/mol. The number of fused-ring (bicyclic) bond motifs is 6. The van der Waals surface area contributed by atoms with E-state index in [1.807, 2.05) is 26.0 Å². The van der Waals surface area contributed by atoms with Gasteiger partial charge in [-0.05, 0) is 145 Å². The Hall–Kier alpha value is -6.05. The van der Waals surface area contributed by atoms with Crippen molar-refractivity contribution in [1.82, 2.24) is 0 Å². The minimum Gasteiger partial charge on any atom is -0.395 e. The van der Waals surface area contributed by atoms with Crippen LogP contribution in [0.4, 0.5) is 25.0 Å². The number of benzene rings is 6. The zero-order chi connectivity index (χ0) is 41.1. The monoisotopic (exact) mass is 820 g/mol. The quantitative estimate of drug-likeness (QED) is 0.111. The molecule has 6 aromatic carbocycles. The van der Waals surface area contributed by atoms with Gasteiger partial charge >= 0.3 is 6.16 Å². The molecule has 0 aliphatic carbocycles. The van der Waals surface area contributed by atoms with Gasteiger partial charge in [-0.1, -0.05) is 50.2 Å². The number of carbonyl (C=O) groups is 1. The third-order valence-corrected chi connectivity index (χ3v) is 14.6. The molecular weight excluding hydrogens is 783 g/mol. The smallest absolute Gasteiger partial charge is 0.395 e. The van der Waals surface area contributed by atoms with E-state index in [1.165, 1.54) is 81.4 Å². The number of halogens is 2. The molecule has 13 heteroatoms. The van der Waals surface area contributed by atoms with Crippen LogP contribution in [0.5, 0.6) is 11.5 Å². The zero-order valence-electron chi connectivity index (χ0n) is 31.9. The van der Waals surface area contributed by atoms with Crippen molar-refractivity contribution in [1.29, 1.82) is 0 Å². The summed E-state index contributed by atoms with van der Waals surface area (Å²) in [5, 5.41) is 0. The zero-order valence-corrected chi connectivity index (χ0v) is 33.6. The molecule has 2 atom stereocenters. The summed E-state index contributed by atoms with van der Waals surface area (Å²) in [6, 6.07) is 28.8. The highest BCUT2D eigenvalue weighted by Gasteiger charge is 2.39. The second kappa shape index (κ2) is 14.7. The molecule has 9 nitrogen and oxygen atoms in total. The maximum absolute atomic E-state index is 14.5. The molecule has 0 bridgehead atoms. The first-order valence-corrected chi connectivity index (χ1v) is 21.6. The fraction of sp³-hybridized carbons (Fsp3) is 0.178. The summed E-state index contributed by atoms with van der Waals surface area (Å²) in [7, 11) is -8.39. The molecule has 2 heterocycles. The highest BCUT2D eigenvalue weighted by molar-refractivity contribution is 7.93. The third-order valence-electron chi connectivity index (χ3n) is 10.8. The molecule has 0 N–H and O–H groups in total. The van der Waals surface area contributed by atoms with Gasteiger partial charge in [0.2, 0.25) is 0 Å². The molecule has 2 aliphatic heterocycles. The maximum atomic E-state index is 14.5. The summed E-state index contributed by atoms with van der Waals surface area (Å²) in [4.78, 5) is 12.7. The molecule has 296 valence electrons. The summed E-state index contributed by atoms with van der Waals surface area (Å²) in [6.45, 7) is 7.37. The van der Waals surface area contributed by atoms with Crippen LogP contribution >= 0.6 is 0 Å². The Morgan fingerprint density at radius 1 is 0.569 bits per heavy atom. The van der Waals surface area contributed by atoms with Crippen molar-refractivity contribution in [3.05, 3.63) is 155 Å². The standard InChI is InChI=1S/C45H38F2N2O7S2/c1-5-29-9-7-11-41-43(29)37-23-13-31(46)25-39(37)27(3)48(41)57(51,52)35-19-15-33(16-20-35)55-45(50)56-34-17-21-36(22-18-34)58(53,54)49-28(4)40-26-32(47)14-24-38(40)44-30(6-2)10-8-12-42(44)49/h7-28H,5-6H2,1-4H3/t27-,28-/m0/s1. The Labute approximate surface area is 336 Å². The van der Waals surface area contributed by atoms with Crippen LogP contribution in [0, 0.1) is 11.6 Å². The van der Waals surface area contributed by atoms with Crippen molar-refractivity contribution >= 4 is 37.6 Å². The lowest BCUT2D eigenvalue weighted by molar-refractivity contribution is 0.152. The fourth-order valence-electron chi connectivity index (χ4n) is 8.11. The predicted octanol–water partition coefficient (Wildman–Crippen LogP) is 10.5. The Bertz CT molecular complexity index is 2640. The van der Waals surface area contributed by atoms with Crippen molar-refractivity contribution in [2.75, 3.05) is 8.61 Å². The van der Waals surface area contributed by atoms with Gasteiger partial charge in [-0.25, -0.2) is 30.4 Å². The number of carbonyl (C=O) groups excluding carboxylic acids is 1. The Morgan fingerprint density at radius 2 is 0.948 bits per heavy atom. The molecule has 0 fully saturated rings. The van der Waals surface area contributed by atoms with E-state index in [-0.39, 0.29) is 21.3 Å². The number of nitrogens with zero attached hydrogens (tertiary/aromatic N) is 2. The van der Waals surface area contributed by atoms with Crippen LogP contribution in [0.3, 0.4) is 0 Å². The van der Waals surface area contributed by atoms with Gasteiger partial charge in [-0.3, -0.25) is 8.61 Å². The summed E-state index contributed by atoms with van der Waals surface area (Å²) >= 11 is 0. The average Bonchev–Trinajstić information content (AvgIpc) is 3.20. The minimum absolute atomic E-state index is 0.00292. The molecule has 0 radical (unpaired) electrons. The van der Waals surface area contributed by atoms with Crippen LogP contribution < -0.4 is 18.1 Å². The molecule has 8 rings (SSSR count). The van der Waals surface area contributed by atoms with E-state index in [4.69, 9.17) is 9.47 Å². The number of ether oxygens (including phenoxy) is 2. The van der Waals surface area contributed by atoms with Crippen molar-refractivity contribution in [2.24, 2.45) is 0 Å². The lowest BCUT2D eigenvalue weighted by atomic mass is 9.87. The van der Waals surface area contributed by atoms with Crippen LogP contribution in [-0.4, -0.2) is 23.0 Å². The van der Waals surface area contributed by atoms with E-state index in [0.29, 0.717) is 35.3 Å². The van der Waals surface area contributed by atoms with Gasteiger partial charge in [-0.15, -0.1) is 0 Å². The summed E-state index contributed by atoms with van der Waals surface area (Å²) < 4.78 is 99.2. The van der Waals surface area contributed by atoms with Gasteiger partial charge in [0.15, 0.2) is 0 Å². The van der Waals surface area contributed by atoms with E-state index >= 15 is 0 Å². The van der Waals surface area contributed by atoms with Crippen molar-refractivity contribution in [3.63, 3.8) is 0 Å². The van der Waals surface area contributed by atoms with E-state index in [9.17, 15) is 30.4 Å². The number of hydrogen-bond donors (Lipinski definition) is 0. The average molecular weight is 821 g/mol. The highest BCUT2D eigenvalue weighted by Crippen LogP contribution is 2.50. The minimum atomic E-state index is -4.19. The SMILES string of the molecule is CCc1cccc2c1-c1ccc(F)cc1[C@H](C)N2S(=O)(=O)c1ccc(OC(=O)Oc2ccc(S(=O)(=O)N3c4cccc(CC)c4-c4ccc(F)cc4[C@@H]3C)cc2)cc1. The number of hydrogen-bond acceptors (Lipinski definition) is 7. The molecule has 6 aromatic rings. The summed E-state index contributed by atoms with van der Waals surface area (Å²) in [6.07, 6.45) is 0.137. The van der Waals surface area contributed by atoms with Crippen LogP contribution in [0.2, 0.25) is 0 Å². The van der Waals surface area contributed by atoms with E-state index in [1.54, 1.807) is 50.2 Å². The van der Waals surface area contributed by atoms with E-state index in [0.717, 1.165) is 33.4 Å². The maximum Gasteiger partial charge on any atom is 0.519 e. The second-order valence-corrected chi connectivity index (χ2v) is 17.8. The highest BCUT2D eigenvalue weighted by atomic mass is 32.2. The number of anilines is 2. The van der Waals surface area contributed by atoms with Crippen molar-refractivity contribution in [2.45, 2.75) is 62.4 Å². The number of rotatable bonds is 8. The molecule has 0 saturated carbocycles. The van der Waals surface area contributed by atoms with Crippen LogP contribution in [-0.2, 0) is 32.9 Å². The van der Waals surface area contributed by atoms with E-state index in [2.05, 4.69) is 0 Å². The Morgan fingerprint density at radius 3 is 1.31 bits per heavy atom. The first kappa shape index (κ1) is 38.8. The van der Waals surface area contributed by atoms with Gasteiger partial charge in [0.05, 0.1) is 33.2 Å². The number of sulfonamides is 2. The van der Waals surface area contributed by atoms with E-state index < -0.39 is 49.9 Å². The molecule has 0 amide bonds. The molecule has 2 aliphatic rings. The van der Waals surface area contributed by atoms with Crippen LogP contribution in [0.15, 0.2) is 131 Å². The van der Waals surface area contributed by atoms with Gasteiger partial charge in [0, 0.05) is 11.1 Å². The van der Waals surface area contributed by atoms with Gasteiger partial charge in [0.1, 0.15) is 23.1 Å². The lowest BCUT2D eigenvalue weighted by Crippen LogP contribution is -2.36. The molecule has 0 unspecified atom stereocenters. The molecule has 0 saturated heterocycles. The van der Waals surface area contributed by atoms with Crippen molar-refractivity contribution < 1.29 is 39.9 Å². The Balaban J connectivity index is 0.997. The van der Waals surface area contributed by atoms with Gasteiger partial charge in [-0.2, -0.15) is 0 Å². The summed E-state index contributed by atoms with van der Waals surface area (Å²) in [5.41, 5.74) is 6.93. The Kier molecular flexibility index (Phi) is 9.84. The molecular formula is C45H38F2N2O7S2. The topological polar surface area (TPSA) is 110 Å². The summed E-state index contributed by atoms with van der Waals surface area (Å²) in [5.74, 6) is -0.943. The molecule has 0 aromatic heterocycles. The first-order chi connectivity index (χ1) is 27.7. The second-order valence-electron chi connectivity index (χ2n) is 14.1.